The number of likely N-dealkylation sites (tertiary alicyclic amines) is 1. The molecule has 0 saturated carbocycles. The van der Waals surface area contributed by atoms with Crippen LogP contribution in [0.2, 0.25) is 0 Å². The predicted octanol–water partition coefficient (Wildman–Crippen LogP) is 6.71. The molecule has 0 spiro atoms. The van der Waals surface area contributed by atoms with Crippen LogP contribution in [-0.2, 0) is 13.0 Å². The zero-order valence-corrected chi connectivity index (χ0v) is 16.8. The van der Waals surface area contributed by atoms with Gasteiger partial charge in [0.25, 0.3) is 0 Å². The summed E-state index contributed by atoms with van der Waals surface area (Å²) in [6.45, 7) is 2.19. The number of fused-ring (bicyclic) bond motifs is 1. The number of benzene rings is 3. The number of thiophene rings is 1. The minimum Gasteiger partial charge on any atom is -0.292 e. The fraction of sp³-hybridized carbons (Fsp3) is 0.231. The summed E-state index contributed by atoms with van der Waals surface area (Å²) in [5.41, 5.74) is 4.33. The molecule has 2 heterocycles. The smallest absolute Gasteiger partial charge is 0.0383 e. The van der Waals surface area contributed by atoms with Crippen LogP contribution in [0.4, 0.5) is 0 Å². The molecule has 2 heteroatoms. The lowest BCUT2D eigenvalue weighted by Gasteiger charge is -2.29. The third-order valence-electron chi connectivity index (χ3n) is 6.01. The quantitative estimate of drug-likeness (QED) is 0.370. The number of hydrogen-bond acceptors (Lipinski definition) is 2. The highest BCUT2D eigenvalue weighted by Crippen LogP contribution is 2.41. The second-order valence-corrected chi connectivity index (χ2v) is 8.80. The fourth-order valence-electron chi connectivity index (χ4n) is 4.70. The third-order valence-corrected chi connectivity index (χ3v) is 6.91. The zero-order chi connectivity index (χ0) is 18.8. The van der Waals surface area contributed by atoms with Crippen LogP contribution in [-0.4, -0.2) is 11.4 Å². The van der Waals surface area contributed by atoms with Gasteiger partial charge in [-0.1, -0.05) is 66.7 Å². The summed E-state index contributed by atoms with van der Waals surface area (Å²) in [6, 6.07) is 31.8. The van der Waals surface area contributed by atoms with E-state index >= 15 is 0 Å². The summed E-state index contributed by atoms with van der Waals surface area (Å²) >= 11 is 1.83. The average molecular weight is 384 g/mol. The highest BCUT2D eigenvalue weighted by Gasteiger charge is 2.35. The van der Waals surface area contributed by atoms with Gasteiger partial charge in [-0.25, -0.2) is 0 Å². The Morgan fingerprint density at radius 2 is 1.57 bits per heavy atom. The Morgan fingerprint density at radius 1 is 0.821 bits per heavy atom. The van der Waals surface area contributed by atoms with E-state index in [1.807, 2.05) is 11.3 Å². The van der Waals surface area contributed by atoms with Crippen LogP contribution < -0.4 is 0 Å². The molecule has 28 heavy (non-hydrogen) atoms. The maximum atomic E-state index is 2.69. The van der Waals surface area contributed by atoms with Crippen LogP contribution in [0.15, 0.2) is 90.3 Å². The predicted molar refractivity (Wildman–Crippen MR) is 120 cm³/mol. The Kier molecular flexibility index (Phi) is 4.99. The zero-order valence-electron chi connectivity index (χ0n) is 16.0. The second-order valence-electron chi connectivity index (χ2n) is 7.86. The van der Waals surface area contributed by atoms with Crippen LogP contribution in [0.25, 0.3) is 10.1 Å². The largest absolute Gasteiger partial charge is 0.292 e. The van der Waals surface area contributed by atoms with Gasteiger partial charge in [0, 0.05) is 17.3 Å². The van der Waals surface area contributed by atoms with Crippen LogP contribution in [0.3, 0.4) is 0 Å². The van der Waals surface area contributed by atoms with Crippen molar-refractivity contribution in [1.29, 1.82) is 0 Å². The topological polar surface area (TPSA) is 3.24 Å². The molecule has 1 aliphatic rings. The van der Waals surface area contributed by atoms with E-state index in [0.717, 1.165) is 13.0 Å². The number of hydrogen-bond donors (Lipinski definition) is 0. The molecule has 4 aromatic rings. The van der Waals surface area contributed by atoms with Crippen molar-refractivity contribution in [3.05, 3.63) is 107 Å². The van der Waals surface area contributed by atoms with Gasteiger partial charge in [-0.2, -0.15) is 0 Å². The van der Waals surface area contributed by atoms with Gasteiger partial charge >= 0.3 is 0 Å². The Bertz CT molecular complexity index is 988. The Morgan fingerprint density at radius 3 is 2.36 bits per heavy atom. The molecule has 0 bridgehead atoms. The molecular formula is C26H25NS. The van der Waals surface area contributed by atoms with Crippen molar-refractivity contribution in [2.24, 2.45) is 5.92 Å². The SMILES string of the molecule is c1ccc(CC2CCN(Cc3ccccc3)C2c2ccc3sccc3c2)cc1. The third kappa shape index (κ3) is 3.63. The molecule has 140 valence electrons. The molecule has 0 amide bonds. The monoisotopic (exact) mass is 383 g/mol. The van der Waals surface area contributed by atoms with Crippen molar-refractivity contribution >= 4 is 21.4 Å². The first-order valence-electron chi connectivity index (χ1n) is 10.2. The standard InChI is InChI=1S/C26H25NS/c1-3-7-20(8-4-1)17-24-13-15-27(19-21-9-5-2-6-10-21)26(24)23-11-12-25-22(18-23)14-16-28-25/h1-12,14,16,18,24,26H,13,15,17,19H2. The molecule has 1 nitrogen and oxygen atoms in total. The molecule has 1 fully saturated rings. The van der Waals surface area contributed by atoms with E-state index in [1.54, 1.807) is 0 Å². The summed E-state index contributed by atoms with van der Waals surface area (Å²) in [6.07, 6.45) is 2.41. The summed E-state index contributed by atoms with van der Waals surface area (Å²) in [5.74, 6) is 0.655. The minimum absolute atomic E-state index is 0.477. The van der Waals surface area contributed by atoms with E-state index < -0.39 is 0 Å². The van der Waals surface area contributed by atoms with E-state index in [-0.39, 0.29) is 0 Å². The highest BCUT2D eigenvalue weighted by atomic mass is 32.1. The van der Waals surface area contributed by atoms with Crippen LogP contribution >= 0.6 is 11.3 Å². The van der Waals surface area contributed by atoms with Crippen molar-refractivity contribution in [2.45, 2.75) is 25.4 Å². The number of nitrogens with zero attached hydrogens (tertiary/aromatic N) is 1. The van der Waals surface area contributed by atoms with Gasteiger partial charge in [-0.05, 0) is 71.0 Å². The molecule has 0 aliphatic carbocycles. The van der Waals surface area contributed by atoms with Gasteiger partial charge < -0.3 is 0 Å². The fourth-order valence-corrected chi connectivity index (χ4v) is 5.48. The maximum Gasteiger partial charge on any atom is 0.0383 e. The molecule has 2 atom stereocenters. The normalized spacial score (nSPS) is 20.0. The van der Waals surface area contributed by atoms with Crippen molar-refractivity contribution < 1.29 is 0 Å². The maximum absolute atomic E-state index is 2.69. The molecular weight excluding hydrogens is 358 g/mol. The Hall–Kier alpha value is -2.42. The van der Waals surface area contributed by atoms with Crippen molar-refractivity contribution in [3.8, 4) is 0 Å². The average Bonchev–Trinajstić information content (AvgIpc) is 3.36. The molecule has 1 aromatic heterocycles. The molecule has 3 aromatic carbocycles. The Balaban J connectivity index is 1.48. The molecule has 0 N–H and O–H groups in total. The first kappa shape index (κ1) is 17.7. The van der Waals surface area contributed by atoms with Gasteiger partial charge in [-0.15, -0.1) is 11.3 Å². The second kappa shape index (κ2) is 7.90. The van der Waals surface area contributed by atoms with E-state index in [9.17, 15) is 0 Å². The first-order valence-corrected chi connectivity index (χ1v) is 11.0. The molecule has 5 rings (SSSR count). The van der Waals surface area contributed by atoms with Gasteiger partial charge in [0.05, 0.1) is 0 Å². The van der Waals surface area contributed by atoms with Gasteiger partial charge in [-0.3, -0.25) is 4.90 Å². The van der Waals surface area contributed by atoms with Crippen LogP contribution in [0.5, 0.6) is 0 Å². The van der Waals surface area contributed by atoms with Crippen molar-refractivity contribution in [3.63, 3.8) is 0 Å². The summed E-state index contributed by atoms with van der Waals surface area (Å²) in [7, 11) is 0. The molecule has 2 unspecified atom stereocenters. The lowest BCUT2D eigenvalue weighted by atomic mass is 9.88. The number of rotatable bonds is 5. The summed E-state index contributed by atoms with van der Waals surface area (Å²) < 4.78 is 1.39. The van der Waals surface area contributed by atoms with Crippen LogP contribution in [0, 0.1) is 5.92 Å². The van der Waals surface area contributed by atoms with Crippen molar-refractivity contribution in [2.75, 3.05) is 6.54 Å². The van der Waals surface area contributed by atoms with Crippen LogP contribution in [0.1, 0.15) is 29.2 Å². The first-order chi connectivity index (χ1) is 13.9. The Labute approximate surface area is 171 Å². The van der Waals surface area contributed by atoms with E-state index in [2.05, 4.69) is 95.2 Å². The van der Waals surface area contributed by atoms with E-state index in [0.29, 0.717) is 12.0 Å². The molecule has 1 saturated heterocycles. The summed E-state index contributed by atoms with van der Waals surface area (Å²) in [5, 5.41) is 3.58. The highest BCUT2D eigenvalue weighted by molar-refractivity contribution is 7.17. The molecule has 1 aliphatic heterocycles. The van der Waals surface area contributed by atoms with Gasteiger partial charge in [0.1, 0.15) is 0 Å². The summed E-state index contributed by atoms with van der Waals surface area (Å²) in [4.78, 5) is 2.69. The lowest BCUT2D eigenvalue weighted by molar-refractivity contribution is 0.219. The minimum atomic E-state index is 0.477. The van der Waals surface area contributed by atoms with E-state index in [1.165, 1.54) is 39.7 Å². The van der Waals surface area contributed by atoms with Gasteiger partial charge in [0.15, 0.2) is 0 Å². The van der Waals surface area contributed by atoms with Gasteiger partial charge in [0.2, 0.25) is 0 Å². The van der Waals surface area contributed by atoms with E-state index in [4.69, 9.17) is 0 Å². The molecule has 0 radical (unpaired) electrons. The van der Waals surface area contributed by atoms with Crippen molar-refractivity contribution in [1.82, 2.24) is 4.90 Å². The lowest BCUT2D eigenvalue weighted by Crippen LogP contribution is -2.26.